The lowest BCUT2D eigenvalue weighted by atomic mass is 10.2. The summed E-state index contributed by atoms with van der Waals surface area (Å²) in [7, 11) is 0. The Bertz CT molecular complexity index is 717. The molecule has 2 aromatic carbocycles. The second kappa shape index (κ2) is 4.48. The van der Waals surface area contributed by atoms with Crippen molar-refractivity contribution >= 4 is 11.0 Å². The number of hydrogen-bond donors (Lipinski definition) is 1. The predicted molar refractivity (Wildman–Crippen MR) is 73.6 cm³/mol. The van der Waals surface area contributed by atoms with Crippen LogP contribution in [0.1, 0.15) is 18.8 Å². The van der Waals surface area contributed by atoms with Gasteiger partial charge in [-0.05, 0) is 31.2 Å². The van der Waals surface area contributed by atoms with Crippen LogP contribution in [0.15, 0.2) is 48.5 Å². The maximum Gasteiger partial charge on any atom is 0.149 e. The molecule has 0 aliphatic carbocycles. The van der Waals surface area contributed by atoms with Gasteiger partial charge in [-0.2, -0.15) is 0 Å². The quantitative estimate of drug-likeness (QED) is 0.764. The summed E-state index contributed by atoms with van der Waals surface area (Å²) in [5.41, 5.74) is 7.92. The topological polar surface area (TPSA) is 43.8 Å². The van der Waals surface area contributed by atoms with Gasteiger partial charge in [-0.15, -0.1) is 0 Å². The van der Waals surface area contributed by atoms with Crippen molar-refractivity contribution < 1.29 is 4.39 Å². The van der Waals surface area contributed by atoms with Gasteiger partial charge in [-0.1, -0.05) is 24.3 Å². The molecule has 1 aromatic heterocycles. The first-order chi connectivity index (χ1) is 9.18. The summed E-state index contributed by atoms with van der Waals surface area (Å²) in [5.74, 6) is 0.368. The Morgan fingerprint density at radius 3 is 2.53 bits per heavy atom. The van der Waals surface area contributed by atoms with Crippen molar-refractivity contribution in [1.82, 2.24) is 9.55 Å². The van der Waals surface area contributed by atoms with Gasteiger partial charge < -0.3 is 5.73 Å². The van der Waals surface area contributed by atoms with Crippen LogP contribution in [0.4, 0.5) is 4.39 Å². The van der Waals surface area contributed by atoms with E-state index in [4.69, 9.17) is 5.73 Å². The zero-order chi connectivity index (χ0) is 13.4. The second-order valence-corrected chi connectivity index (χ2v) is 4.54. The molecule has 1 heterocycles. The third kappa shape index (κ3) is 1.90. The molecule has 96 valence electrons. The molecular formula is C15H14FN3. The predicted octanol–water partition coefficient (Wildman–Crippen LogP) is 3.18. The van der Waals surface area contributed by atoms with E-state index in [1.807, 2.05) is 37.3 Å². The summed E-state index contributed by atoms with van der Waals surface area (Å²) in [5, 5.41) is 0. The highest BCUT2D eigenvalue weighted by Gasteiger charge is 2.17. The zero-order valence-electron chi connectivity index (χ0n) is 10.5. The molecule has 0 aliphatic heterocycles. The molecule has 0 amide bonds. The number of nitrogens with zero attached hydrogens (tertiary/aromatic N) is 2. The molecule has 3 rings (SSSR count). The van der Waals surface area contributed by atoms with E-state index in [2.05, 4.69) is 4.98 Å². The van der Waals surface area contributed by atoms with Crippen LogP contribution in [0, 0.1) is 5.82 Å². The Labute approximate surface area is 110 Å². The molecule has 0 fully saturated rings. The van der Waals surface area contributed by atoms with E-state index in [1.165, 1.54) is 6.07 Å². The van der Waals surface area contributed by atoms with E-state index in [9.17, 15) is 4.39 Å². The molecule has 0 saturated heterocycles. The maximum atomic E-state index is 14.1. The highest BCUT2D eigenvalue weighted by Crippen LogP contribution is 2.26. The smallest absolute Gasteiger partial charge is 0.149 e. The van der Waals surface area contributed by atoms with Crippen LogP contribution >= 0.6 is 0 Å². The minimum Gasteiger partial charge on any atom is -0.322 e. The average Bonchev–Trinajstić information content (AvgIpc) is 2.81. The zero-order valence-corrected chi connectivity index (χ0v) is 10.5. The molecule has 1 atom stereocenters. The molecule has 0 spiro atoms. The molecule has 0 unspecified atom stereocenters. The van der Waals surface area contributed by atoms with Gasteiger partial charge >= 0.3 is 0 Å². The van der Waals surface area contributed by atoms with Gasteiger partial charge in [0.05, 0.1) is 11.6 Å². The van der Waals surface area contributed by atoms with Crippen molar-refractivity contribution in [3.05, 3.63) is 60.2 Å². The molecule has 0 radical (unpaired) electrons. The van der Waals surface area contributed by atoms with E-state index >= 15 is 0 Å². The summed E-state index contributed by atoms with van der Waals surface area (Å²) in [6.07, 6.45) is 0. The SMILES string of the molecule is C[C@@H](N)c1nc2cccc(F)c2n1-c1ccccc1. The van der Waals surface area contributed by atoms with Crippen LogP contribution in [0.25, 0.3) is 16.7 Å². The molecule has 0 bridgehead atoms. The summed E-state index contributed by atoms with van der Waals surface area (Å²) in [6, 6.07) is 14.2. The van der Waals surface area contributed by atoms with E-state index in [1.54, 1.807) is 16.7 Å². The minimum absolute atomic E-state index is 0.271. The fourth-order valence-electron chi connectivity index (χ4n) is 2.25. The van der Waals surface area contributed by atoms with Crippen LogP contribution in [0.3, 0.4) is 0 Å². The molecule has 19 heavy (non-hydrogen) atoms. The monoisotopic (exact) mass is 255 g/mol. The fraction of sp³-hybridized carbons (Fsp3) is 0.133. The van der Waals surface area contributed by atoms with Gasteiger partial charge in [0.25, 0.3) is 0 Å². The Morgan fingerprint density at radius 1 is 1.11 bits per heavy atom. The largest absolute Gasteiger partial charge is 0.322 e. The Morgan fingerprint density at radius 2 is 1.84 bits per heavy atom. The normalized spacial score (nSPS) is 12.8. The highest BCUT2D eigenvalue weighted by molar-refractivity contribution is 5.79. The number of nitrogens with two attached hydrogens (primary N) is 1. The summed E-state index contributed by atoms with van der Waals surface area (Å²) < 4.78 is 15.9. The molecule has 0 saturated carbocycles. The molecular weight excluding hydrogens is 241 g/mol. The van der Waals surface area contributed by atoms with Crippen LogP contribution in [-0.2, 0) is 0 Å². The summed E-state index contributed by atoms with van der Waals surface area (Å²) >= 11 is 0. The van der Waals surface area contributed by atoms with Gasteiger partial charge in [0, 0.05) is 5.69 Å². The Balaban J connectivity index is 2.40. The lowest BCUT2D eigenvalue weighted by Crippen LogP contribution is -2.12. The molecule has 2 N–H and O–H groups in total. The summed E-state index contributed by atoms with van der Waals surface area (Å²) in [6.45, 7) is 1.85. The number of aromatic nitrogens is 2. The second-order valence-electron chi connectivity index (χ2n) is 4.54. The van der Waals surface area contributed by atoms with Crippen LogP contribution in [0.5, 0.6) is 0 Å². The van der Waals surface area contributed by atoms with E-state index in [0.29, 0.717) is 16.9 Å². The third-order valence-corrected chi connectivity index (χ3v) is 3.07. The highest BCUT2D eigenvalue weighted by atomic mass is 19.1. The number of hydrogen-bond acceptors (Lipinski definition) is 2. The molecule has 3 nitrogen and oxygen atoms in total. The van der Waals surface area contributed by atoms with Crippen molar-refractivity contribution in [3.63, 3.8) is 0 Å². The standard InChI is InChI=1S/C15H14FN3/c1-10(17)15-18-13-9-5-8-12(16)14(13)19(15)11-6-3-2-4-7-11/h2-10H,17H2,1H3/t10-/m1/s1. The van der Waals surface area contributed by atoms with Crippen molar-refractivity contribution in [2.24, 2.45) is 5.73 Å². The van der Waals surface area contributed by atoms with E-state index < -0.39 is 0 Å². The number of fused-ring (bicyclic) bond motifs is 1. The minimum atomic E-state index is -0.291. The van der Waals surface area contributed by atoms with Crippen molar-refractivity contribution in [1.29, 1.82) is 0 Å². The lowest BCUT2D eigenvalue weighted by molar-refractivity contribution is 0.631. The van der Waals surface area contributed by atoms with Gasteiger partial charge in [-0.25, -0.2) is 9.37 Å². The number of rotatable bonds is 2. The van der Waals surface area contributed by atoms with Gasteiger partial charge in [0.2, 0.25) is 0 Å². The van der Waals surface area contributed by atoms with Crippen molar-refractivity contribution in [2.45, 2.75) is 13.0 Å². The number of para-hydroxylation sites is 2. The average molecular weight is 255 g/mol. The number of benzene rings is 2. The van der Waals surface area contributed by atoms with E-state index in [-0.39, 0.29) is 11.9 Å². The van der Waals surface area contributed by atoms with Crippen LogP contribution in [-0.4, -0.2) is 9.55 Å². The summed E-state index contributed by atoms with van der Waals surface area (Å²) in [4.78, 5) is 4.45. The third-order valence-electron chi connectivity index (χ3n) is 3.07. The van der Waals surface area contributed by atoms with Crippen LogP contribution < -0.4 is 5.73 Å². The first kappa shape index (κ1) is 11.9. The molecule has 3 aromatic rings. The van der Waals surface area contributed by atoms with Gasteiger partial charge in [0.15, 0.2) is 0 Å². The van der Waals surface area contributed by atoms with Crippen molar-refractivity contribution in [3.8, 4) is 5.69 Å². The number of halogens is 1. The van der Waals surface area contributed by atoms with E-state index in [0.717, 1.165) is 5.69 Å². The van der Waals surface area contributed by atoms with Gasteiger partial charge in [0.1, 0.15) is 17.2 Å². The fourth-order valence-corrected chi connectivity index (χ4v) is 2.25. The van der Waals surface area contributed by atoms with Gasteiger partial charge in [-0.3, -0.25) is 4.57 Å². The van der Waals surface area contributed by atoms with Crippen LogP contribution in [0.2, 0.25) is 0 Å². The molecule has 4 heteroatoms. The Kier molecular flexibility index (Phi) is 2.80. The Hall–Kier alpha value is -2.20. The van der Waals surface area contributed by atoms with Crippen molar-refractivity contribution in [2.75, 3.05) is 0 Å². The maximum absolute atomic E-state index is 14.1. The molecule has 0 aliphatic rings. The lowest BCUT2D eigenvalue weighted by Gasteiger charge is -2.11. The number of imidazole rings is 1. The first-order valence-corrected chi connectivity index (χ1v) is 6.16. The first-order valence-electron chi connectivity index (χ1n) is 6.16.